The fraction of sp³-hybridized carbons (Fsp3) is 0.333. The monoisotopic (exact) mass is 209 g/mol. The Kier molecular flexibility index (Phi) is 2.78. The summed E-state index contributed by atoms with van der Waals surface area (Å²) in [6, 6.07) is 4.03. The molecule has 0 fully saturated rings. The van der Waals surface area contributed by atoms with Gasteiger partial charge in [-0.2, -0.15) is 0 Å². The molecule has 4 nitrogen and oxygen atoms in total. The van der Waals surface area contributed by atoms with Crippen molar-refractivity contribution >= 4 is 16.5 Å². The van der Waals surface area contributed by atoms with E-state index in [0.717, 1.165) is 17.3 Å². The van der Waals surface area contributed by atoms with E-state index < -0.39 is 0 Å². The topological polar surface area (TPSA) is 51.0 Å². The van der Waals surface area contributed by atoms with Crippen LogP contribution >= 0.6 is 11.3 Å². The average molecular weight is 209 g/mol. The molecule has 0 aromatic carbocycles. The van der Waals surface area contributed by atoms with Crippen molar-refractivity contribution in [3.63, 3.8) is 0 Å². The van der Waals surface area contributed by atoms with Gasteiger partial charge in [0, 0.05) is 0 Å². The van der Waals surface area contributed by atoms with Crippen molar-refractivity contribution in [3.8, 4) is 0 Å². The van der Waals surface area contributed by atoms with Crippen LogP contribution in [-0.2, 0) is 0 Å². The largest absolute Gasteiger partial charge is 0.467 e. The third-order valence-corrected chi connectivity index (χ3v) is 2.58. The summed E-state index contributed by atoms with van der Waals surface area (Å²) in [6.07, 6.45) is 2.63. The molecular formula is C9H11N3OS. The molecule has 0 aliphatic heterocycles. The standard InChI is InChI=1S/C9H11N3OS/c1-2-7(8-4-3-5-13-8)11-9-12-10-6-14-9/h3-7H,2H2,1H3,(H,11,12). The van der Waals surface area contributed by atoms with Gasteiger partial charge in [0.15, 0.2) is 0 Å². The third-order valence-electron chi connectivity index (χ3n) is 1.95. The first-order chi connectivity index (χ1) is 6.90. The maximum absolute atomic E-state index is 5.33. The summed E-state index contributed by atoms with van der Waals surface area (Å²) < 4.78 is 5.33. The number of hydrogen-bond donors (Lipinski definition) is 1. The normalized spacial score (nSPS) is 12.6. The Morgan fingerprint density at radius 1 is 1.64 bits per heavy atom. The van der Waals surface area contributed by atoms with Crippen molar-refractivity contribution in [2.45, 2.75) is 19.4 Å². The molecule has 1 atom stereocenters. The number of anilines is 1. The van der Waals surface area contributed by atoms with Crippen LogP contribution < -0.4 is 5.32 Å². The lowest BCUT2D eigenvalue weighted by atomic mass is 10.2. The van der Waals surface area contributed by atoms with Crippen LogP contribution in [-0.4, -0.2) is 10.2 Å². The van der Waals surface area contributed by atoms with Crippen molar-refractivity contribution in [1.82, 2.24) is 10.2 Å². The summed E-state index contributed by atoms with van der Waals surface area (Å²) >= 11 is 1.49. The van der Waals surface area contributed by atoms with E-state index in [-0.39, 0.29) is 6.04 Å². The van der Waals surface area contributed by atoms with Gasteiger partial charge in [0.25, 0.3) is 0 Å². The number of nitrogens with zero attached hydrogens (tertiary/aromatic N) is 2. The van der Waals surface area contributed by atoms with Crippen molar-refractivity contribution in [2.75, 3.05) is 5.32 Å². The van der Waals surface area contributed by atoms with Crippen LogP contribution in [0.4, 0.5) is 5.13 Å². The van der Waals surface area contributed by atoms with E-state index in [1.54, 1.807) is 11.8 Å². The first-order valence-corrected chi connectivity index (χ1v) is 5.34. The predicted octanol–water partition coefficient (Wildman–Crippen LogP) is 2.69. The van der Waals surface area contributed by atoms with Gasteiger partial charge in [0.2, 0.25) is 5.13 Å². The summed E-state index contributed by atoms with van der Waals surface area (Å²) in [5, 5.41) is 11.8. The second kappa shape index (κ2) is 4.23. The molecule has 0 saturated heterocycles. The van der Waals surface area contributed by atoms with Crippen LogP contribution in [0, 0.1) is 0 Å². The minimum Gasteiger partial charge on any atom is -0.467 e. The first kappa shape index (κ1) is 9.21. The lowest BCUT2D eigenvalue weighted by Gasteiger charge is -2.12. The minimum atomic E-state index is 0.179. The van der Waals surface area contributed by atoms with Crippen LogP contribution in [0.2, 0.25) is 0 Å². The molecular weight excluding hydrogens is 198 g/mol. The Morgan fingerprint density at radius 2 is 2.57 bits per heavy atom. The molecule has 2 aromatic rings. The van der Waals surface area contributed by atoms with Crippen molar-refractivity contribution < 1.29 is 4.42 Å². The third kappa shape index (κ3) is 1.93. The first-order valence-electron chi connectivity index (χ1n) is 4.46. The van der Waals surface area contributed by atoms with E-state index in [0.29, 0.717) is 0 Å². The SMILES string of the molecule is CCC(Nc1nncs1)c1ccco1. The highest BCUT2D eigenvalue weighted by Gasteiger charge is 2.12. The van der Waals surface area contributed by atoms with Gasteiger partial charge >= 0.3 is 0 Å². The molecule has 2 rings (SSSR count). The van der Waals surface area contributed by atoms with Gasteiger partial charge in [0.05, 0.1) is 12.3 Å². The molecule has 0 saturated carbocycles. The molecule has 5 heteroatoms. The molecule has 0 amide bonds. The highest BCUT2D eigenvalue weighted by atomic mass is 32.1. The summed E-state index contributed by atoms with van der Waals surface area (Å²) in [6.45, 7) is 2.10. The van der Waals surface area contributed by atoms with Crippen LogP contribution in [0.3, 0.4) is 0 Å². The lowest BCUT2D eigenvalue weighted by Crippen LogP contribution is -2.08. The maximum atomic E-state index is 5.33. The van der Waals surface area contributed by atoms with Gasteiger partial charge in [0.1, 0.15) is 11.3 Å². The van der Waals surface area contributed by atoms with Crippen LogP contribution in [0.25, 0.3) is 0 Å². The average Bonchev–Trinajstić information content (AvgIpc) is 2.86. The molecule has 14 heavy (non-hydrogen) atoms. The van der Waals surface area contributed by atoms with Gasteiger partial charge < -0.3 is 9.73 Å². The maximum Gasteiger partial charge on any atom is 0.206 e. The highest BCUT2D eigenvalue weighted by Crippen LogP contribution is 2.23. The Hall–Kier alpha value is -1.36. The van der Waals surface area contributed by atoms with Gasteiger partial charge in [-0.05, 0) is 18.6 Å². The zero-order chi connectivity index (χ0) is 9.80. The van der Waals surface area contributed by atoms with Gasteiger partial charge in [-0.1, -0.05) is 18.3 Å². The lowest BCUT2D eigenvalue weighted by molar-refractivity contribution is 0.473. The van der Waals surface area contributed by atoms with Crippen molar-refractivity contribution in [3.05, 3.63) is 29.7 Å². The summed E-state index contributed by atoms with van der Waals surface area (Å²) in [5.74, 6) is 0.933. The van der Waals surface area contributed by atoms with E-state index in [1.165, 1.54) is 11.3 Å². The summed E-state index contributed by atoms with van der Waals surface area (Å²) in [5.41, 5.74) is 1.71. The molecule has 0 spiro atoms. The number of hydrogen-bond acceptors (Lipinski definition) is 5. The van der Waals surface area contributed by atoms with Crippen LogP contribution in [0.1, 0.15) is 25.1 Å². The smallest absolute Gasteiger partial charge is 0.206 e. The molecule has 1 N–H and O–H groups in total. The Morgan fingerprint density at radius 3 is 3.14 bits per heavy atom. The van der Waals surface area contributed by atoms with E-state index >= 15 is 0 Å². The quantitative estimate of drug-likeness (QED) is 0.841. The van der Waals surface area contributed by atoms with Gasteiger partial charge in [-0.25, -0.2) is 0 Å². The number of aromatic nitrogens is 2. The fourth-order valence-electron chi connectivity index (χ4n) is 1.25. The highest BCUT2D eigenvalue weighted by molar-refractivity contribution is 7.13. The molecule has 0 bridgehead atoms. The number of rotatable bonds is 4. The van der Waals surface area contributed by atoms with E-state index in [4.69, 9.17) is 4.42 Å². The molecule has 2 aromatic heterocycles. The fourth-order valence-corrected chi connectivity index (χ4v) is 1.75. The molecule has 0 radical (unpaired) electrons. The van der Waals surface area contributed by atoms with E-state index in [9.17, 15) is 0 Å². The second-order valence-electron chi connectivity index (χ2n) is 2.86. The Balaban J connectivity index is 2.08. The summed E-state index contributed by atoms with van der Waals surface area (Å²) in [4.78, 5) is 0. The number of nitrogens with one attached hydrogen (secondary N) is 1. The predicted molar refractivity (Wildman–Crippen MR) is 55.3 cm³/mol. The molecule has 74 valence electrons. The Labute approximate surface area is 86.0 Å². The molecule has 0 aliphatic carbocycles. The van der Waals surface area contributed by atoms with E-state index in [1.807, 2.05) is 12.1 Å². The van der Waals surface area contributed by atoms with Crippen LogP contribution in [0.15, 0.2) is 28.3 Å². The zero-order valence-electron chi connectivity index (χ0n) is 7.80. The second-order valence-corrected chi connectivity index (χ2v) is 3.70. The Bertz CT molecular complexity index is 357. The van der Waals surface area contributed by atoms with E-state index in [2.05, 4.69) is 22.4 Å². The zero-order valence-corrected chi connectivity index (χ0v) is 8.62. The van der Waals surface area contributed by atoms with Crippen molar-refractivity contribution in [2.24, 2.45) is 0 Å². The molecule has 2 heterocycles. The van der Waals surface area contributed by atoms with Gasteiger partial charge in [-0.15, -0.1) is 10.2 Å². The minimum absolute atomic E-state index is 0.179. The van der Waals surface area contributed by atoms with Gasteiger partial charge in [-0.3, -0.25) is 0 Å². The molecule has 1 unspecified atom stereocenters. The van der Waals surface area contributed by atoms with Crippen molar-refractivity contribution in [1.29, 1.82) is 0 Å². The van der Waals surface area contributed by atoms with Crippen LogP contribution in [0.5, 0.6) is 0 Å². The summed E-state index contributed by atoms with van der Waals surface area (Å²) in [7, 11) is 0. The molecule has 0 aliphatic rings. The number of furan rings is 1.